The van der Waals surface area contributed by atoms with Gasteiger partial charge in [-0.1, -0.05) is 55.2 Å². The molecule has 0 saturated heterocycles. The molecule has 0 nitrogen and oxygen atoms in total. The van der Waals surface area contributed by atoms with E-state index in [-0.39, 0.29) is 6.64 Å². The Morgan fingerprint density at radius 1 is 1.07 bits per heavy atom. The highest BCUT2D eigenvalue weighted by Gasteiger charge is 2.44. The molecule has 0 aliphatic heterocycles. The van der Waals surface area contributed by atoms with E-state index in [4.69, 9.17) is 5.39 Å². The zero-order valence-electron chi connectivity index (χ0n) is 21.8. The van der Waals surface area contributed by atoms with Crippen molar-refractivity contribution in [2.45, 2.75) is 25.7 Å². The molecule has 0 spiro atoms. The number of hydrogen-bond donors (Lipinski definition) is 0. The first-order valence-corrected chi connectivity index (χ1v) is 13.8. The van der Waals surface area contributed by atoms with Crippen molar-refractivity contribution in [1.29, 1.82) is 1.28 Å². The van der Waals surface area contributed by atoms with Crippen LogP contribution in [-0.2, 0) is 0 Å². The van der Waals surface area contributed by atoms with Gasteiger partial charge in [-0.3, -0.25) is 0 Å². The van der Waals surface area contributed by atoms with Crippen LogP contribution < -0.4 is 0 Å². The maximum absolute atomic E-state index is 6.67. The summed E-state index contributed by atoms with van der Waals surface area (Å²) in [5.74, 6) is 6.17. The molecule has 0 radical (unpaired) electrons. The van der Waals surface area contributed by atoms with E-state index in [1.807, 2.05) is 15.3 Å². The minimum atomic E-state index is -0.765. The molecule has 0 heterocycles. The van der Waals surface area contributed by atoms with Crippen molar-refractivity contribution in [2.24, 2.45) is 47.3 Å². The Morgan fingerprint density at radius 2 is 1.72 bits per heavy atom. The molecule has 11 unspecified atom stereocenters. The molecule has 3 heteroatoms. The minimum absolute atomic E-state index is 0.250. The second-order valence-corrected chi connectivity index (χ2v) is 9.53. The van der Waals surface area contributed by atoms with Crippen LogP contribution in [0.15, 0.2) is 74.9 Å². The van der Waals surface area contributed by atoms with E-state index >= 15 is 0 Å². The largest absolute Gasteiger partial charge is 0.141 e. The summed E-state index contributed by atoms with van der Waals surface area (Å²) in [4.78, 5) is 0. The predicted molar refractivity (Wildman–Crippen MR) is 145 cm³/mol. The summed E-state index contributed by atoms with van der Waals surface area (Å²) in [5.41, 5.74) is 0. The summed E-state index contributed by atoms with van der Waals surface area (Å²) in [6.45, 7) is 15.0. The highest BCUT2D eigenvalue weighted by atomic mass is 32.0. The fourth-order valence-electron chi connectivity index (χ4n) is 5.62. The van der Waals surface area contributed by atoms with Crippen molar-refractivity contribution in [1.82, 2.24) is 0 Å². The van der Waals surface area contributed by atoms with Crippen molar-refractivity contribution in [3.8, 4) is 0 Å². The summed E-state index contributed by atoms with van der Waals surface area (Å²) < 4.78 is 25.6. The van der Waals surface area contributed by atoms with Crippen LogP contribution in [0.25, 0.3) is 0 Å². The number of allylic oxidation sites excluding steroid dienone is 8. The van der Waals surface area contributed by atoms with E-state index in [2.05, 4.69) is 77.8 Å². The van der Waals surface area contributed by atoms with Gasteiger partial charge in [0.15, 0.2) is 0 Å². The van der Waals surface area contributed by atoms with Gasteiger partial charge < -0.3 is 0 Å². The maximum Gasteiger partial charge on any atom is 0.0620 e. The molecule has 0 aromatic carbocycles. The van der Waals surface area contributed by atoms with Crippen LogP contribution in [0.2, 0.25) is 0 Å². The molecule has 4 aliphatic carbocycles. The van der Waals surface area contributed by atoms with Crippen LogP contribution in [0.5, 0.6) is 0 Å². The van der Waals surface area contributed by atoms with Crippen molar-refractivity contribution < 1.29 is 4.11 Å². The number of hydrogen-bond acceptors (Lipinski definition) is 0. The summed E-state index contributed by atoms with van der Waals surface area (Å²) in [5, 5.41) is 0. The van der Waals surface area contributed by atoms with E-state index in [1.54, 1.807) is 0 Å². The third-order valence-corrected chi connectivity index (χ3v) is 6.85. The highest BCUT2D eigenvalue weighted by Crippen LogP contribution is 2.52. The average Bonchev–Trinajstić information content (AvgIpc) is 3.55. The molecule has 0 N–H and O–H groups in total. The molecule has 0 aromatic rings. The molecule has 11 atom stereocenters. The lowest BCUT2D eigenvalue weighted by Gasteiger charge is -2.20. The van der Waals surface area contributed by atoms with E-state index in [0.29, 0.717) is 23.7 Å². The molecule has 4 aliphatic rings. The van der Waals surface area contributed by atoms with Crippen molar-refractivity contribution >= 4 is 26.4 Å². The van der Waals surface area contributed by atoms with Gasteiger partial charge in [0.2, 0.25) is 0 Å². The Kier molecular flexibility index (Phi) is 10.4. The van der Waals surface area contributed by atoms with Crippen LogP contribution >= 0.6 is 26.4 Å². The molecule has 0 aromatic heterocycles. The van der Waals surface area contributed by atoms with E-state index in [1.165, 1.54) is 19.3 Å². The predicted octanol–water partition coefficient (Wildman–Crippen LogP) is 7.95. The Labute approximate surface area is 193 Å². The Balaban J connectivity index is 0.000000248. The van der Waals surface area contributed by atoms with Crippen LogP contribution in [0.4, 0.5) is 0 Å². The van der Waals surface area contributed by atoms with Gasteiger partial charge >= 0.3 is 0 Å². The smallest absolute Gasteiger partial charge is 0.0620 e. The first kappa shape index (κ1) is 20.6. The standard InChI is InChI=1S/C14H20.C10H12.CH6P2.CH5P/c1-5-9-14-12(7-3)10-11(6-2)13(14)8-4;1-2-9-7-4-5-8(6-7)10(9)3-1;1-3-2;1-2/h5-8,11-14H,1-4,9-10H2;1-2,4-5,7-10H,3,6H2;3H,2H2,1H3;2H2,1H3/i;;1D,3D;1D2. The highest BCUT2D eigenvalue weighted by molar-refractivity contribution is 8.02. The Morgan fingerprint density at radius 3 is 2.24 bits per heavy atom. The third-order valence-electron chi connectivity index (χ3n) is 6.85. The van der Waals surface area contributed by atoms with Gasteiger partial charge in [0.25, 0.3) is 0 Å². The van der Waals surface area contributed by atoms with E-state index in [0.717, 1.165) is 30.1 Å². The summed E-state index contributed by atoms with van der Waals surface area (Å²) >= 11 is 0. The molecule has 29 heavy (non-hydrogen) atoms. The minimum Gasteiger partial charge on any atom is -0.141 e. The normalized spacial score (nSPS) is 40.2. The average molecular weight is 453 g/mol. The van der Waals surface area contributed by atoms with Gasteiger partial charge in [0, 0.05) is 4.11 Å². The summed E-state index contributed by atoms with van der Waals surface area (Å²) in [6, 6.07) is 0. The fourth-order valence-corrected chi connectivity index (χ4v) is 5.62. The summed E-state index contributed by atoms with van der Waals surface area (Å²) in [7, 11) is 3.50. The quantitative estimate of drug-likeness (QED) is 0.293. The lowest BCUT2D eigenvalue weighted by atomic mass is 9.84. The lowest BCUT2D eigenvalue weighted by Crippen LogP contribution is -2.13. The molecule has 2 saturated carbocycles. The number of rotatable bonds is 5. The van der Waals surface area contributed by atoms with Crippen LogP contribution in [-0.4, -0.2) is 14.5 Å². The zero-order chi connectivity index (χ0) is 25.0. The molecule has 162 valence electrons. The Bertz CT molecular complexity index is 674. The van der Waals surface area contributed by atoms with Gasteiger partial charge in [-0.25, -0.2) is 0 Å². The van der Waals surface area contributed by atoms with Gasteiger partial charge in [-0.15, -0.1) is 52.7 Å². The zero-order valence-corrected chi connectivity index (χ0v) is 21.0. The summed E-state index contributed by atoms with van der Waals surface area (Å²) in [6.07, 6.45) is 22.9. The first-order chi connectivity index (χ1) is 15.7. The fraction of sp³-hybridized carbons (Fsp3) is 0.538. The van der Waals surface area contributed by atoms with Crippen LogP contribution in [0.1, 0.15) is 29.8 Å². The van der Waals surface area contributed by atoms with Crippen LogP contribution in [0, 0.1) is 47.3 Å². The molecular weight excluding hydrogens is 405 g/mol. The van der Waals surface area contributed by atoms with Crippen molar-refractivity contribution in [3.05, 3.63) is 74.9 Å². The van der Waals surface area contributed by atoms with Crippen molar-refractivity contribution in [2.75, 3.05) is 13.3 Å². The Hall–Kier alpha value is -0.270. The second-order valence-electron chi connectivity index (χ2n) is 8.07. The van der Waals surface area contributed by atoms with Gasteiger partial charge in [-0.2, -0.15) is 0 Å². The monoisotopic (exact) mass is 452 g/mol. The van der Waals surface area contributed by atoms with Crippen LogP contribution in [0.3, 0.4) is 0 Å². The first-order valence-electron chi connectivity index (χ1n) is 12.8. The molecule has 4 rings (SSSR count). The molecule has 2 fully saturated rings. The van der Waals surface area contributed by atoms with Crippen molar-refractivity contribution in [3.63, 3.8) is 0 Å². The number of fused-ring (bicyclic) bond motifs is 5. The van der Waals surface area contributed by atoms with E-state index in [9.17, 15) is 0 Å². The lowest BCUT2D eigenvalue weighted by molar-refractivity contribution is 0.389. The third kappa shape index (κ3) is 6.86. The molecular formula is C26H43P3. The van der Waals surface area contributed by atoms with Gasteiger partial charge in [0.1, 0.15) is 0 Å². The topological polar surface area (TPSA) is 0 Å². The maximum atomic E-state index is 6.67. The van der Waals surface area contributed by atoms with Gasteiger partial charge in [-0.05, 0) is 79.7 Å². The van der Waals surface area contributed by atoms with Gasteiger partial charge in [0.05, 0.1) is 1.28 Å². The molecule has 0 amide bonds. The molecule has 2 bridgehead atoms. The SMILES string of the molecule is C1=CC2C3C=CC(C3)C2C1.C=CCC1C(C=C)CC(C=C)C1C=C.[2H]C([2H])P.[2H]CP([2H])P. The second kappa shape index (κ2) is 14.7. The van der Waals surface area contributed by atoms with E-state index < -0.39 is 14.8 Å².